The lowest BCUT2D eigenvalue weighted by atomic mass is 9.78. The highest BCUT2D eigenvalue weighted by atomic mass is 16.6. The van der Waals surface area contributed by atoms with E-state index in [0.717, 1.165) is 119 Å². The number of carbonyl (C=O) groups excluding carboxylic acids is 3. The van der Waals surface area contributed by atoms with Crippen molar-refractivity contribution in [3.8, 4) is 28.1 Å². The summed E-state index contributed by atoms with van der Waals surface area (Å²) in [4.78, 5) is 58.9. The maximum absolute atomic E-state index is 14.3. The number of alkyl carbamates (subject to hydrolysis) is 1. The number of aromatic nitrogens is 4. The zero-order valence-corrected chi connectivity index (χ0v) is 34.3. The van der Waals surface area contributed by atoms with E-state index in [-0.39, 0.29) is 41.7 Å². The normalized spacial score (nSPS) is 23.3. The van der Waals surface area contributed by atoms with Gasteiger partial charge >= 0.3 is 12.1 Å². The summed E-state index contributed by atoms with van der Waals surface area (Å²) in [6.45, 7) is 10.1. The average molecular weight is 787 g/mol. The van der Waals surface area contributed by atoms with Crippen LogP contribution in [0.2, 0.25) is 0 Å². The topological polar surface area (TPSA) is 152 Å². The molecule has 3 aromatic carbocycles. The number of methoxy groups -OCH3 is 1. The van der Waals surface area contributed by atoms with Crippen molar-refractivity contribution in [2.24, 2.45) is 17.8 Å². The fourth-order valence-electron chi connectivity index (χ4n) is 10.1. The maximum Gasteiger partial charge on any atom is 0.407 e. The Morgan fingerprint density at radius 3 is 2.57 bits per heavy atom. The number of nitrogens with zero attached hydrogens (tertiary/aromatic N) is 3. The molecule has 0 bridgehead atoms. The van der Waals surface area contributed by atoms with Gasteiger partial charge in [0.25, 0.3) is 0 Å². The molecule has 9 rings (SSSR count). The van der Waals surface area contributed by atoms with Gasteiger partial charge < -0.3 is 34.4 Å². The molecule has 0 spiro atoms. The Morgan fingerprint density at radius 2 is 1.78 bits per heavy atom. The summed E-state index contributed by atoms with van der Waals surface area (Å²) in [6.07, 6.45) is 9.02. The van der Waals surface area contributed by atoms with Crippen molar-refractivity contribution < 1.29 is 28.6 Å². The Kier molecular flexibility index (Phi) is 9.71. The zero-order chi connectivity index (χ0) is 40.5. The summed E-state index contributed by atoms with van der Waals surface area (Å²) >= 11 is 0. The first-order chi connectivity index (χ1) is 27.9. The van der Waals surface area contributed by atoms with E-state index in [9.17, 15) is 14.4 Å². The maximum atomic E-state index is 14.3. The number of likely N-dealkylation sites (tertiary alicyclic amines) is 1. The van der Waals surface area contributed by atoms with Crippen molar-refractivity contribution >= 4 is 39.8 Å². The van der Waals surface area contributed by atoms with Crippen molar-refractivity contribution in [2.75, 3.05) is 7.11 Å². The van der Waals surface area contributed by atoms with Crippen molar-refractivity contribution in [1.29, 1.82) is 0 Å². The molecule has 58 heavy (non-hydrogen) atoms. The van der Waals surface area contributed by atoms with Crippen LogP contribution in [0.15, 0.2) is 48.7 Å². The summed E-state index contributed by atoms with van der Waals surface area (Å²) in [5.74, 6) is 2.28. The number of nitrogens with one attached hydrogen (secondary N) is 3. The van der Waals surface area contributed by atoms with Gasteiger partial charge in [0, 0.05) is 22.9 Å². The third kappa shape index (κ3) is 6.87. The van der Waals surface area contributed by atoms with E-state index in [1.807, 2.05) is 45.7 Å². The van der Waals surface area contributed by atoms with E-state index in [4.69, 9.17) is 24.2 Å². The van der Waals surface area contributed by atoms with Gasteiger partial charge in [-0.2, -0.15) is 0 Å². The van der Waals surface area contributed by atoms with Crippen LogP contribution >= 0.6 is 0 Å². The van der Waals surface area contributed by atoms with Gasteiger partial charge in [-0.15, -0.1) is 0 Å². The Labute approximate surface area is 338 Å². The van der Waals surface area contributed by atoms with E-state index in [2.05, 4.69) is 57.7 Å². The first-order valence-corrected chi connectivity index (χ1v) is 21.0. The Hall–Kier alpha value is -5.39. The fourth-order valence-corrected chi connectivity index (χ4v) is 10.1. The molecule has 6 atom stereocenters. The van der Waals surface area contributed by atoms with Crippen LogP contribution in [0.3, 0.4) is 0 Å². The van der Waals surface area contributed by atoms with Crippen molar-refractivity contribution in [1.82, 2.24) is 30.2 Å². The molecule has 12 heteroatoms. The van der Waals surface area contributed by atoms with Gasteiger partial charge in [-0.3, -0.25) is 9.59 Å². The smallest absolute Gasteiger partial charge is 0.407 e. The molecule has 2 aliphatic carbocycles. The van der Waals surface area contributed by atoms with Crippen LogP contribution in [0.4, 0.5) is 4.79 Å². The molecule has 2 unspecified atom stereocenters. The quantitative estimate of drug-likeness (QED) is 0.138. The van der Waals surface area contributed by atoms with E-state index in [1.165, 1.54) is 7.11 Å². The molecule has 3 fully saturated rings. The van der Waals surface area contributed by atoms with Crippen LogP contribution in [-0.4, -0.2) is 67.6 Å². The summed E-state index contributed by atoms with van der Waals surface area (Å²) in [5, 5.41) is 4.84. The van der Waals surface area contributed by atoms with Crippen LogP contribution in [0.25, 0.3) is 44.2 Å². The Morgan fingerprint density at radius 1 is 0.948 bits per heavy atom. The number of esters is 1. The van der Waals surface area contributed by atoms with E-state index < -0.39 is 17.7 Å². The van der Waals surface area contributed by atoms with E-state index in [0.29, 0.717) is 12.5 Å². The molecule has 2 aromatic heterocycles. The third-order valence-corrected chi connectivity index (χ3v) is 12.9. The molecule has 1 saturated heterocycles. The van der Waals surface area contributed by atoms with E-state index >= 15 is 0 Å². The Balaban J connectivity index is 0.993. The van der Waals surface area contributed by atoms with Gasteiger partial charge in [-0.05, 0) is 111 Å². The number of hydrogen-bond donors (Lipinski definition) is 3. The summed E-state index contributed by atoms with van der Waals surface area (Å²) in [5.41, 5.74) is 6.40. The minimum atomic E-state index is -0.695. The molecule has 2 saturated carbocycles. The number of hydrogen-bond acceptors (Lipinski definition) is 8. The molecule has 304 valence electrons. The van der Waals surface area contributed by atoms with Crippen molar-refractivity contribution in [3.05, 3.63) is 65.9 Å². The van der Waals surface area contributed by atoms with Gasteiger partial charge in [0.05, 0.1) is 42.0 Å². The Bertz CT molecular complexity index is 2410. The molecular weight excluding hydrogens is 733 g/mol. The second-order valence-corrected chi connectivity index (χ2v) is 18.1. The minimum Gasteiger partial charge on any atom is -0.488 e. The predicted molar refractivity (Wildman–Crippen MR) is 221 cm³/mol. The van der Waals surface area contributed by atoms with Crippen LogP contribution < -0.4 is 10.1 Å². The van der Waals surface area contributed by atoms with Crippen LogP contribution in [0.1, 0.15) is 115 Å². The number of ether oxygens (including phenoxy) is 3. The van der Waals surface area contributed by atoms with Gasteiger partial charge in [-0.1, -0.05) is 51.3 Å². The monoisotopic (exact) mass is 786 g/mol. The largest absolute Gasteiger partial charge is 0.488 e. The molecule has 0 radical (unpaired) electrons. The molecule has 2 amide bonds. The summed E-state index contributed by atoms with van der Waals surface area (Å²) in [7, 11) is 1.32. The number of carbonyl (C=O) groups is 3. The summed E-state index contributed by atoms with van der Waals surface area (Å²) < 4.78 is 17.1. The van der Waals surface area contributed by atoms with Crippen molar-refractivity contribution in [2.45, 2.75) is 122 Å². The number of rotatable bonds is 7. The second kappa shape index (κ2) is 14.8. The SMILES string of the molecule is COC(=O)N[C@H](C(=O)N1[C@H](c2nc3c(ccc4cc5c(cc43)OCc3cc(-c4cnc(C6CCCCC6C(=O)OC(C)(C)C)[nH]4)ccc3-5)[nH]2)C[C@@H]2CCC[C@@H]21)C(C)C. The van der Waals surface area contributed by atoms with E-state index in [1.54, 1.807) is 0 Å². The predicted octanol–water partition coefficient (Wildman–Crippen LogP) is 9.10. The first-order valence-electron chi connectivity index (χ1n) is 21.0. The lowest BCUT2D eigenvalue weighted by Crippen LogP contribution is -2.53. The molecule has 5 aromatic rings. The molecule has 3 N–H and O–H groups in total. The van der Waals surface area contributed by atoms with Gasteiger partial charge in [0.1, 0.15) is 35.6 Å². The molecular formula is C46H54N6O6. The molecule has 12 nitrogen and oxygen atoms in total. The lowest BCUT2D eigenvalue weighted by Gasteiger charge is -2.33. The number of imidazole rings is 2. The van der Waals surface area contributed by atoms with Crippen molar-refractivity contribution in [3.63, 3.8) is 0 Å². The third-order valence-electron chi connectivity index (χ3n) is 12.9. The molecule has 2 aliphatic heterocycles. The second-order valence-electron chi connectivity index (χ2n) is 18.1. The lowest BCUT2D eigenvalue weighted by molar-refractivity contribution is -0.162. The summed E-state index contributed by atoms with van der Waals surface area (Å²) in [6, 6.07) is 14.1. The number of amides is 2. The molecule has 4 heterocycles. The number of aromatic amines is 2. The number of benzene rings is 3. The number of H-pyrrole nitrogens is 2. The number of fused-ring (bicyclic) bond motifs is 7. The van der Waals surface area contributed by atoms with Crippen LogP contribution in [0, 0.1) is 17.8 Å². The highest BCUT2D eigenvalue weighted by Crippen LogP contribution is 2.49. The van der Waals surface area contributed by atoms with Gasteiger partial charge in [-0.25, -0.2) is 14.8 Å². The average Bonchev–Trinajstić information content (AvgIpc) is 4.02. The highest BCUT2D eigenvalue weighted by molar-refractivity contribution is 6.07. The fraction of sp³-hybridized carbons (Fsp3) is 0.500. The highest BCUT2D eigenvalue weighted by Gasteiger charge is 2.49. The van der Waals surface area contributed by atoms with Gasteiger partial charge in [0.2, 0.25) is 5.91 Å². The van der Waals surface area contributed by atoms with Crippen LogP contribution in [-0.2, 0) is 25.7 Å². The minimum absolute atomic E-state index is 0.00218. The zero-order valence-electron chi connectivity index (χ0n) is 34.3. The van der Waals surface area contributed by atoms with Crippen LogP contribution in [0.5, 0.6) is 5.75 Å². The van der Waals surface area contributed by atoms with Gasteiger partial charge in [0.15, 0.2) is 0 Å². The molecule has 4 aliphatic rings. The standard InChI is InChI=1S/C46H54N6O6/c1-24(2)39(51-45(55)56-6)43(53)52-36-13-9-10-27(36)20-37(52)42-48-34-17-15-25-19-33-29-16-14-26(18-28(29)23-57-38(33)21-32(25)40(34)50-42)35-22-47-41(49-35)30-11-7-8-12-31(30)44(54)58-46(3,4)5/h14-19,21-22,24,27,30-31,36-37,39H,7-13,20,23H2,1-6H3,(H,47,49)(H,48,50)(H,51,55)/t27-,30?,31?,36-,37-,39-/m0/s1. The first kappa shape index (κ1) is 38.1.